The number of pyridine rings is 1. The molecule has 0 aromatic carbocycles. The third-order valence-corrected chi connectivity index (χ3v) is 3.59. The third kappa shape index (κ3) is 5.53. The summed E-state index contributed by atoms with van der Waals surface area (Å²) < 4.78 is 0. The maximum absolute atomic E-state index is 11.7. The summed E-state index contributed by atoms with van der Waals surface area (Å²) in [7, 11) is 0. The molecule has 6 nitrogen and oxygen atoms in total. The zero-order valence-corrected chi connectivity index (χ0v) is 13.0. The van der Waals surface area contributed by atoms with E-state index < -0.39 is 0 Å². The van der Waals surface area contributed by atoms with Gasteiger partial charge in [-0.1, -0.05) is 0 Å². The van der Waals surface area contributed by atoms with Crippen molar-refractivity contribution < 1.29 is 9.59 Å². The van der Waals surface area contributed by atoms with Crippen molar-refractivity contribution in [1.29, 1.82) is 0 Å². The number of thiophene rings is 1. The molecule has 2 aromatic rings. The maximum Gasteiger partial charge on any atom is 0.315 e. The standard InChI is InChI=1S/C15H18N4O2S/c1-11(7-12-4-6-22-10-12)18-15(21)17-9-14(20)19-13-3-2-5-16-8-13/h2-6,8,10-11H,7,9H2,1H3,(H,19,20)(H2,17,18,21)/t11-/m0/s1. The van der Waals surface area contributed by atoms with Crippen LogP contribution in [0.3, 0.4) is 0 Å². The highest BCUT2D eigenvalue weighted by atomic mass is 32.1. The van der Waals surface area contributed by atoms with Gasteiger partial charge in [-0.15, -0.1) is 0 Å². The number of amides is 3. The van der Waals surface area contributed by atoms with E-state index in [1.807, 2.05) is 18.4 Å². The lowest BCUT2D eigenvalue weighted by molar-refractivity contribution is -0.115. The first-order chi connectivity index (χ1) is 10.6. The zero-order valence-electron chi connectivity index (χ0n) is 12.2. The molecule has 22 heavy (non-hydrogen) atoms. The molecular weight excluding hydrogens is 300 g/mol. The predicted molar refractivity (Wildman–Crippen MR) is 86.9 cm³/mol. The van der Waals surface area contributed by atoms with Crippen LogP contribution in [0.25, 0.3) is 0 Å². The van der Waals surface area contributed by atoms with Crippen LogP contribution in [-0.2, 0) is 11.2 Å². The minimum atomic E-state index is -0.357. The van der Waals surface area contributed by atoms with Gasteiger partial charge in [-0.3, -0.25) is 9.78 Å². The maximum atomic E-state index is 11.7. The van der Waals surface area contributed by atoms with Crippen LogP contribution in [0.1, 0.15) is 12.5 Å². The van der Waals surface area contributed by atoms with E-state index in [0.29, 0.717) is 5.69 Å². The monoisotopic (exact) mass is 318 g/mol. The van der Waals surface area contributed by atoms with E-state index in [4.69, 9.17) is 0 Å². The SMILES string of the molecule is C[C@@H](Cc1ccsc1)NC(=O)NCC(=O)Nc1cccnc1. The zero-order chi connectivity index (χ0) is 15.8. The second kappa shape index (κ2) is 8.14. The number of urea groups is 1. The summed E-state index contributed by atoms with van der Waals surface area (Å²) in [6, 6.07) is 5.12. The number of anilines is 1. The Balaban J connectivity index is 1.67. The molecule has 2 heterocycles. The Morgan fingerprint density at radius 3 is 2.91 bits per heavy atom. The van der Waals surface area contributed by atoms with Crippen LogP contribution in [0.2, 0.25) is 0 Å². The van der Waals surface area contributed by atoms with Crippen LogP contribution in [0.5, 0.6) is 0 Å². The molecule has 0 saturated heterocycles. The van der Waals surface area contributed by atoms with E-state index in [2.05, 4.69) is 26.3 Å². The first-order valence-corrected chi connectivity index (χ1v) is 7.83. The molecule has 116 valence electrons. The van der Waals surface area contributed by atoms with Crippen molar-refractivity contribution in [3.8, 4) is 0 Å². The molecule has 0 aliphatic heterocycles. The number of hydrogen-bond acceptors (Lipinski definition) is 4. The molecule has 0 spiro atoms. The molecule has 0 bridgehead atoms. The van der Waals surface area contributed by atoms with Gasteiger partial charge in [0.2, 0.25) is 5.91 Å². The first-order valence-electron chi connectivity index (χ1n) is 6.89. The highest BCUT2D eigenvalue weighted by Crippen LogP contribution is 2.08. The molecule has 7 heteroatoms. The lowest BCUT2D eigenvalue weighted by atomic mass is 10.1. The van der Waals surface area contributed by atoms with Crippen LogP contribution < -0.4 is 16.0 Å². The van der Waals surface area contributed by atoms with Crippen molar-refractivity contribution in [2.45, 2.75) is 19.4 Å². The van der Waals surface area contributed by atoms with Crippen molar-refractivity contribution in [1.82, 2.24) is 15.6 Å². The van der Waals surface area contributed by atoms with Gasteiger partial charge in [0.05, 0.1) is 18.4 Å². The van der Waals surface area contributed by atoms with Gasteiger partial charge in [0, 0.05) is 12.2 Å². The van der Waals surface area contributed by atoms with E-state index in [0.717, 1.165) is 6.42 Å². The summed E-state index contributed by atoms with van der Waals surface area (Å²) >= 11 is 1.63. The Bertz CT molecular complexity index is 601. The average molecular weight is 318 g/mol. The fraction of sp³-hybridized carbons (Fsp3) is 0.267. The van der Waals surface area contributed by atoms with E-state index >= 15 is 0 Å². The minimum Gasteiger partial charge on any atom is -0.335 e. The van der Waals surface area contributed by atoms with Gasteiger partial charge in [0.1, 0.15) is 0 Å². The number of carbonyl (C=O) groups is 2. The molecule has 0 fully saturated rings. The molecule has 2 rings (SSSR count). The number of carbonyl (C=O) groups excluding carboxylic acids is 2. The summed E-state index contributed by atoms with van der Waals surface area (Å²) in [6.45, 7) is 1.83. The van der Waals surface area contributed by atoms with E-state index in [-0.39, 0.29) is 24.5 Å². The van der Waals surface area contributed by atoms with Gasteiger partial charge in [-0.2, -0.15) is 11.3 Å². The highest BCUT2D eigenvalue weighted by molar-refractivity contribution is 7.07. The highest BCUT2D eigenvalue weighted by Gasteiger charge is 2.09. The second-order valence-corrected chi connectivity index (χ2v) is 5.63. The second-order valence-electron chi connectivity index (χ2n) is 4.85. The molecule has 3 N–H and O–H groups in total. The largest absolute Gasteiger partial charge is 0.335 e. The lowest BCUT2D eigenvalue weighted by Gasteiger charge is -2.14. The van der Waals surface area contributed by atoms with Crippen molar-refractivity contribution in [3.63, 3.8) is 0 Å². The fourth-order valence-corrected chi connectivity index (χ4v) is 2.57. The van der Waals surface area contributed by atoms with E-state index in [9.17, 15) is 9.59 Å². The molecule has 2 aromatic heterocycles. The first kappa shape index (κ1) is 16.0. The minimum absolute atomic E-state index is 0.00372. The summed E-state index contributed by atoms with van der Waals surface area (Å²) in [5, 5.41) is 12.0. The van der Waals surface area contributed by atoms with Gasteiger partial charge in [0.25, 0.3) is 0 Å². The van der Waals surface area contributed by atoms with Crippen molar-refractivity contribution >= 4 is 29.0 Å². The predicted octanol–water partition coefficient (Wildman–Crippen LogP) is 2.01. The summed E-state index contributed by atoms with van der Waals surface area (Å²) in [5.41, 5.74) is 1.78. The third-order valence-electron chi connectivity index (χ3n) is 2.85. The smallest absolute Gasteiger partial charge is 0.315 e. The quantitative estimate of drug-likeness (QED) is 0.762. The van der Waals surface area contributed by atoms with Crippen molar-refractivity contribution in [2.24, 2.45) is 0 Å². The molecule has 0 unspecified atom stereocenters. The van der Waals surface area contributed by atoms with Crippen LogP contribution in [0.4, 0.5) is 10.5 Å². The molecular formula is C15H18N4O2S. The van der Waals surface area contributed by atoms with E-state index in [1.165, 1.54) is 5.56 Å². The Kier molecular flexibility index (Phi) is 5.91. The van der Waals surface area contributed by atoms with Crippen LogP contribution in [0, 0.1) is 0 Å². The molecule has 3 amide bonds. The number of hydrogen-bond donors (Lipinski definition) is 3. The van der Waals surface area contributed by atoms with Gasteiger partial charge in [-0.25, -0.2) is 4.79 Å². The average Bonchev–Trinajstić information content (AvgIpc) is 2.99. The normalized spacial score (nSPS) is 11.5. The molecule has 0 aliphatic carbocycles. The molecule has 0 radical (unpaired) electrons. The van der Waals surface area contributed by atoms with Crippen LogP contribution in [0.15, 0.2) is 41.4 Å². The summed E-state index contributed by atoms with van der Waals surface area (Å²) in [5.74, 6) is -0.298. The van der Waals surface area contributed by atoms with E-state index in [1.54, 1.807) is 35.9 Å². The van der Waals surface area contributed by atoms with Gasteiger partial charge < -0.3 is 16.0 Å². The summed E-state index contributed by atoms with van der Waals surface area (Å²) in [6.07, 6.45) is 3.93. The number of nitrogens with one attached hydrogen (secondary N) is 3. The molecule has 0 aliphatic rings. The molecule has 0 saturated carbocycles. The Hall–Kier alpha value is -2.41. The van der Waals surface area contributed by atoms with Crippen LogP contribution >= 0.6 is 11.3 Å². The Morgan fingerprint density at radius 2 is 2.23 bits per heavy atom. The Labute approximate surface area is 133 Å². The summed E-state index contributed by atoms with van der Waals surface area (Å²) in [4.78, 5) is 27.3. The van der Waals surface area contributed by atoms with Crippen molar-refractivity contribution in [3.05, 3.63) is 46.9 Å². The number of rotatable bonds is 6. The molecule has 1 atom stereocenters. The fourth-order valence-electron chi connectivity index (χ4n) is 1.89. The Morgan fingerprint density at radius 1 is 1.36 bits per heavy atom. The van der Waals surface area contributed by atoms with Gasteiger partial charge in [0.15, 0.2) is 0 Å². The van der Waals surface area contributed by atoms with Gasteiger partial charge in [-0.05, 0) is 47.9 Å². The lowest BCUT2D eigenvalue weighted by Crippen LogP contribution is -2.44. The number of aromatic nitrogens is 1. The topological polar surface area (TPSA) is 83.1 Å². The van der Waals surface area contributed by atoms with Crippen LogP contribution in [-0.4, -0.2) is 29.5 Å². The van der Waals surface area contributed by atoms with Gasteiger partial charge >= 0.3 is 6.03 Å². The van der Waals surface area contributed by atoms with Crippen molar-refractivity contribution in [2.75, 3.05) is 11.9 Å². The number of nitrogens with zero attached hydrogens (tertiary/aromatic N) is 1.